The summed E-state index contributed by atoms with van der Waals surface area (Å²) in [7, 11) is 5.60. The Kier molecular flexibility index (Phi) is 6.05. The first-order valence-electron chi connectivity index (χ1n) is 6.85. The predicted molar refractivity (Wildman–Crippen MR) is 73.0 cm³/mol. The van der Waals surface area contributed by atoms with Crippen molar-refractivity contribution in [3.8, 4) is 0 Å². The first-order valence-corrected chi connectivity index (χ1v) is 6.85. The lowest BCUT2D eigenvalue weighted by atomic mass is 9.82. The summed E-state index contributed by atoms with van der Waals surface area (Å²) in [4.78, 5) is 0. The Morgan fingerprint density at radius 1 is 1.28 bits per heavy atom. The molecule has 0 saturated carbocycles. The van der Waals surface area contributed by atoms with Gasteiger partial charge in [0, 0.05) is 46.3 Å². The minimum absolute atomic E-state index is 0.0742. The summed E-state index contributed by atoms with van der Waals surface area (Å²) in [6.45, 7) is 5.84. The van der Waals surface area contributed by atoms with Gasteiger partial charge in [0.15, 0.2) is 0 Å². The van der Waals surface area contributed by atoms with Crippen molar-refractivity contribution in [1.82, 2.24) is 5.32 Å². The van der Waals surface area contributed by atoms with Crippen LogP contribution in [0.25, 0.3) is 0 Å². The van der Waals surface area contributed by atoms with Gasteiger partial charge >= 0.3 is 0 Å². The average molecular weight is 259 g/mol. The Labute approximate surface area is 111 Å². The molecule has 0 aliphatic carbocycles. The van der Waals surface area contributed by atoms with E-state index in [1.54, 1.807) is 7.11 Å². The zero-order chi connectivity index (χ0) is 13.6. The molecular weight excluding hydrogens is 230 g/mol. The van der Waals surface area contributed by atoms with Gasteiger partial charge in [-0.15, -0.1) is 0 Å². The van der Waals surface area contributed by atoms with Gasteiger partial charge in [-0.3, -0.25) is 0 Å². The molecule has 1 rings (SSSR count). The Balaban J connectivity index is 2.62. The number of methoxy groups -OCH3 is 2. The van der Waals surface area contributed by atoms with Crippen LogP contribution in [0.4, 0.5) is 0 Å². The van der Waals surface area contributed by atoms with Gasteiger partial charge in [-0.1, -0.05) is 0 Å². The Morgan fingerprint density at radius 2 is 1.89 bits per heavy atom. The smallest absolute Gasteiger partial charge is 0.0874 e. The van der Waals surface area contributed by atoms with E-state index in [1.165, 1.54) is 0 Å². The highest BCUT2D eigenvalue weighted by atomic mass is 16.5. The maximum atomic E-state index is 5.85. The third-order valence-corrected chi connectivity index (χ3v) is 4.32. The van der Waals surface area contributed by atoms with Gasteiger partial charge in [-0.2, -0.15) is 0 Å². The van der Waals surface area contributed by atoms with Gasteiger partial charge in [-0.05, 0) is 33.7 Å². The monoisotopic (exact) mass is 259 g/mol. The molecule has 4 heteroatoms. The third-order valence-electron chi connectivity index (χ3n) is 4.32. The SMILES string of the molecule is CNC(CCC(C)(C)OC)C1(OC)CCOCC1. The lowest BCUT2D eigenvalue weighted by Gasteiger charge is -2.43. The minimum atomic E-state index is -0.0865. The molecule has 1 saturated heterocycles. The molecule has 0 bridgehead atoms. The van der Waals surface area contributed by atoms with Gasteiger partial charge < -0.3 is 19.5 Å². The molecule has 0 spiro atoms. The summed E-state index contributed by atoms with van der Waals surface area (Å²) in [5.41, 5.74) is -0.161. The molecule has 1 unspecified atom stereocenters. The fourth-order valence-corrected chi connectivity index (χ4v) is 2.68. The highest BCUT2D eigenvalue weighted by Crippen LogP contribution is 2.31. The summed E-state index contributed by atoms with van der Waals surface area (Å²) >= 11 is 0. The zero-order valence-electron chi connectivity index (χ0n) is 12.5. The van der Waals surface area contributed by atoms with Crippen molar-refractivity contribution >= 4 is 0 Å². The molecule has 0 amide bonds. The molecule has 0 radical (unpaired) electrons. The van der Waals surface area contributed by atoms with Crippen molar-refractivity contribution in [3.05, 3.63) is 0 Å². The van der Waals surface area contributed by atoms with Gasteiger partial charge in [0.25, 0.3) is 0 Å². The van der Waals surface area contributed by atoms with Crippen molar-refractivity contribution in [1.29, 1.82) is 0 Å². The van der Waals surface area contributed by atoms with Crippen LogP contribution in [0.15, 0.2) is 0 Å². The first kappa shape index (κ1) is 15.9. The zero-order valence-corrected chi connectivity index (χ0v) is 12.5. The van der Waals surface area contributed by atoms with Crippen LogP contribution >= 0.6 is 0 Å². The molecule has 1 N–H and O–H groups in total. The summed E-state index contributed by atoms with van der Waals surface area (Å²) in [6, 6.07) is 0.348. The largest absolute Gasteiger partial charge is 0.381 e. The highest BCUT2D eigenvalue weighted by molar-refractivity contribution is 4.95. The van der Waals surface area contributed by atoms with Crippen LogP contribution in [0.3, 0.4) is 0 Å². The number of hydrogen-bond donors (Lipinski definition) is 1. The molecule has 1 aliphatic heterocycles. The van der Waals surface area contributed by atoms with E-state index in [-0.39, 0.29) is 11.2 Å². The molecular formula is C14H29NO3. The Morgan fingerprint density at radius 3 is 2.33 bits per heavy atom. The molecule has 1 aliphatic rings. The van der Waals surface area contributed by atoms with Crippen molar-refractivity contribution in [2.24, 2.45) is 0 Å². The van der Waals surface area contributed by atoms with Crippen LogP contribution in [0.5, 0.6) is 0 Å². The molecule has 0 aromatic heterocycles. The number of likely N-dealkylation sites (N-methyl/N-ethyl adjacent to an activating group) is 1. The Bertz CT molecular complexity index is 237. The van der Waals surface area contributed by atoms with Crippen LogP contribution in [-0.2, 0) is 14.2 Å². The van der Waals surface area contributed by atoms with E-state index in [2.05, 4.69) is 19.2 Å². The maximum Gasteiger partial charge on any atom is 0.0874 e. The van der Waals surface area contributed by atoms with Gasteiger partial charge in [-0.25, -0.2) is 0 Å². The second kappa shape index (κ2) is 6.85. The predicted octanol–water partition coefficient (Wildman–Crippen LogP) is 1.98. The normalized spacial score (nSPS) is 21.8. The van der Waals surface area contributed by atoms with E-state index in [0.717, 1.165) is 38.9 Å². The lowest BCUT2D eigenvalue weighted by molar-refractivity contribution is -0.113. The van der Waals surface area contributed by atoms with Crippen molar-refractivity contribution in [2.75, 3.05) is 34.5 Å². The van der Waals surface area contributed by atoms with Gasteiger partial charge in [0.1, 0.15) is 0 Å². The van der Waals surface area contributed by atoms with E-state index in [1.807, 2.05) is 14.2 Å². The molecule has 4 nitrogen and oxygen atoms in total. The number of hydrogen-bond acceptors (Lipinski definition) is 4. The van der Waals surface area contributed by atoms with Crippen molar-refractivity contribution in [3.63, 3.8) is 0 Å². The van der Waals surface area contributed by atoms with Crippen LogP contribution in [-0.4, -0.2) is 51.7 Å². The second-order valence-electron chi connectivity index (χ2n) is 5.73. The summed E-state index contributed by atoms with van der Waals surface area (Å²) < 4.78 is 16.8. The summed E-state index contributed by atoms with van der Waals surface area (Å²) in [6.07, 6.45) is 3.98. The average Bonchev–Trinajstić information content (AvgIpc) is 2.40. The van der Waals surface area contributed by atoms with E-state index >= 15 is 0 Å². The van der Waals surface area contributed by atoms with Gasteiger partial charge in [0.05, 0.1) is 11.2 Å². The minimum Gasteiger partial charge on any atom is -0.381 e. The lowest BCUT2D eigenvalue weighted by Crippen LogP contribution is -2.54. The molecule has 0 aromatic rings. The van der Waals surface area contributed by atoms with Crippen LogP contribution in [0.1, 0.15) is 39.5 Å². The number of rotatable bonds is 7. The van der Waals surface area contributed by atoms with E-state index in [0.29, 0.717) is 6.04 Å². The Hall–Kier alpha value is -0.160. The van der Waals surface area contributed by atoms with Crippen molar-refractivity contribution in [2.45, 2.75) is 56.8 Å². The van der Waals surface area contributed by atoms with Gasteiger partial charge in [0.2, 0.25) is 0 Å². The molecule has 18 heavy (non-hydrogen) atoms. The topological polar surface area (TPSA) is 39.7 Å². The van der Waals surface area contributed by atoms with Crippen LogP contribution in [0, 0.1) is 0 Å². The summed E-state index contributed by atoms with van der Waals surface area (Å²) in [5.74, 6) is 0. The molecule has 1 atom stereocenters. The van der Waals surface area contributed by atoms with E-state index < -0.39 is 0 Å². The molecule has 1 fully saturated rings. The highest BCUT2D eigenvalue weighted by Gasteiger charge is 2.40. The summed E-state index contributed by atoms with van der Waals surface area (Å²) in [5, 5.41) is 3.42. The maximum absolute atomic E-state index is 5.85. The first-order chi connectivity index (χ1) is 8.49. The third kappa shape index (κ3) is 3.92. The van der Waals surface area contributed by atoms with Crippen LogP contribution < -0.4 is 5.32 Å². The van der Waals surface area contributed by atoms with E-state index in [9.17, 15) is 0 Å². The quantitative estimate of drug-likeness (QED) is 0.759. The van der Waals surface area contributed by atoms with Crippen molar-refractivity contribution < 1.29 is 14.2 Å². The number of ether oxygens (including phenoxy) is 3. The molecule has 108 valence electrons. The fraction of sp³-hybridized carbons (Fsp3) is 1.00. The standard InChI is InChI=1S/C14H29NO3/c1-13(2,16-4)7-6-12(15-3)14(17-5)8-10-18-11-9-14/h12,15H,6-11H2,1-5H3. The second-order valence-corrected chi connectivity index (χ2v) is 5.73. The molecule has 1 heterocycles. The fourth-order valence-electron chi connectivity index (χ4n) is 2.68. The molecule has 0 aromatic carbocycles. The van der Waals surface area contributed by atoms with Crippen LogP contribution in [0.2, 0.25) is 0 Å². The van der Waals surface area contributed by atoms with E-state index in [4.69, 9.17) is 14.2 Å². The number of nitrogens with one attached hydrogen (secondary N) is 1.